The van der Waals surface area contributed by atoms with Gasteiger partial charge in [-0.1, -0.05) is 30.3 Å². The number of benzene rings is 2. The molecule has 0 unspecified atom stereocenters. The molecule has 2 heterocycles. The molecule has 0 bridgehead atoms. The minimum absolute atomic E-state index is 0.0555. The van der Waals surface area contributed by atoms with Gasteiger partial charge in [-0.3, -0.25) is 14.0 Å². The molecule has 2 N–H and O–H groups in total. The van der Waals surface area contributed by atoms with Crippen molar-refractivity contribution < 1.29 is 9.59 Å². The predicted molar refractivity (Wildman–Crippen MR) is 116 cm³/mol. The number of carbonyl (C=O) groups excluding carboxylic acids is 2. The summed E-state index contributed by atoms with van der Waals surface area (Å²) < 4.78 is 2.06. The van der Waals surface area contributed by atoms with Crippen molar-refractivity contribution in [1.82, 2.24) is 9.38 Å². The average molecular weight is 404 g/mol. The van der Waals surface area contributed by atoms with Crippen LogP contribution in [0.4, 0.5) is 11.4 Å². The fourth-order valence-corrected chi connectivity index (χ4v) is 3.97. The Hall–Kier alpha value is -3.45. The highest BCUT2D eigenvalue weighted by atomic mass is 32.1. The van der Waals surface area contributed by atoms with Gasteiger partial charge in [0.2, 0.25) is 11.8 Å². The number of aromatic nitrogens is 2. The lowest BCUT2D eigenvalue weighted by Crippen LogP contribution is -2.13. The van der Waals surface area contributed by atoms with E-state index in [0.29, 0.717) is 24.2 Å². The Morgan fingerprint density at radius 1 is 1.00 bits per heavy atom. The first-order chi connectivity index (χ1) is 14.1. The third kappa shape index (κ3) is 4.52. The number of nitrogens with zero attached hydrogens (tertiary/aromatic N) is 2. The van der Waals surface area contributed by atoms with Crippen molar-refractivity contribution in [1.29, 1.82) is 0 Å². The maximum atomic E-state index is 12.3. The van der Waals surface area contributed by atoms with Gasteiger partial charge in [-0.2, -0.15) is 0 Å². The molecule has 146 valence electrons. The van der Waals surface area contributed by atoms with E-state index in [0.717, 1.165) is 21.9 Å². The molecule has 2 amide bonds. The van der Waals surface area contributed by atoms with Crippen LogP contribution in [0.1, 0.15) is 19.0 Å². The number of aryl methyl sites for hydroxylation is 1. The molecule has 2 aromatic heterocycles. The molecule has 0 radical (unpaired) electrons. The fraction of sp³-hybridized carbons (Fsp3) is 0.136. The van der Waals surface area contributed by atoms with Crippen molar-refractivity contribution in [2.45, 2.75) is 19.8 Å². The molecule has 0 saturated heterocycles. The number of imidazole rings is 1. The van der Waals surface area contributed by atoms with Crippen LogP contribution in [0.2, 0.25) is 0 Å². The number of hydrogen-bond acceptors (Lipinski definition) is 4. The summed E-state index contributed by atoms with van der Waals surface area (Å²) in [5, 5.41) is 7.64. The van der Waals surface area contributed by atoms with Crippen LogP contribution in [0.3, 0.4) is 0 Å². The molecule has 0 aliphatic carbocycles. The predicted octanol–water partition coefficient (Wildman–Crippen LogP) is 4.59. The number of nitrogens with one attached hydrogen (secondary N) is 2. The molecule has 0 aliphatic rings. The Labute approximate surface area is 172 Å². The zero-order valence-electron chi connectivity index (χ0n) is 15.9. The molecule has 29 heavy (non-hydrogen) atoms. The molecule has 6 nitrogen and oxygen atoms in total. The topological polar surface area (TPSA) is 75.5 Å². The fourth-order valence-electron chi connectivity index (χ4n) is 3.06. The van der Waals surface area contributed by atoms with Crippen LogP contribution >= 0.6 is 11.3 Å². The van der Waals surface area contributed by atoms with Crippen LogP contribution in [0.25, 0.3) is 16.2 Å². The maximum absolute atomic E-state index is 12.3. The van der Waals surface area contributed by atoms with Crippen molar-refractivity contribution >= 4 is 39.5 Å². The minimum Gasteiger partial charge on any atom is -0.326 e. The highest BCUT2D eigenvalue weighted by Gasteiger charge is 2.11. The van der Waals surface area contributed by atoms with Crippen LogP contribution in [-0.2, 0) is 16.0 Å². The highest BCUT2D eigenvalue weighted by Crippen LogP contribution is 2.24. The first-order valence-corrected chi connectivity index (χ1v) is 10.1. The average Bonchev–Trinajstić information content (AvgIpc) is 3.29. The van der Waals surface area contributed by atoms with Gasteiger partial charge < -0.3 is 10.6 Å². The molecule has 0 aliphatic heterocycles. The molecular formula is C22H20N4O2S. The van der Waals surface area contributed by atoms with Crippen molar-refractivity contribution in [3.63, 3.8) is 0 Å². The molecule has 0 saturated carbocycles. The van der Waals surface area contributed by atoms with Crippen molar-refractivity contribution in [3.05, 3.63) is 71.9 Å². The van der Waals surface area contributed by atoms with Gasteiger partial charge in [0, 0.05) is 47.6 Å². The van der Waals surface area contributed by atoms with Crippen molar-refractivity contribution in [2.75, 3.05) is 10.6 Å². The van der Waals surface area contributed by atoms with Gasteiger partial charge in [-0.05, 0) is 30.7 Å². The Kier molecular flexibility index (Phi) is 5.39. The normalized spacial score (nSPS) is 10.8. The van der Waals surface area contributed by atoms with Crippen LogP contribution < -0.4 is 10.6 Å². The third-order valence-corrected chi connectivity index (χ3v) is 5.34. The summed E-state index contributed by atoms with van der Waals surface area (Å²) in [6.45, 7) is 1.46. The van der Waals surface area contributed by atoms with Crippen molar-refractivity contribution in [2.24, 2.45) is 0 Å². The van der Waals surface area contributed by atoms with E-state index in [1.165, 1.54) is 6.92 Å². The second-order valence-electron chi connectivity index (χ2n) is 6.68. The zero-order chi connectivity index (χ0) is 20.2. The lowest BCUT2D eigenvalue weighted by atomic mass is 10.2. The van der Waals surface area contributed by atoms with Gasteiger partial charge in [0.15, 0.2) is 4.96 Å². The molecular weight excluding hydrogens is 384 g/mol. The first-order valence-electron chi connectivity index (χ1n) is 9.27. The summed E-state index contributed by atoms with van der Waals surface area (Å²) in [4.78, 5) is 29.0. The van der Waals surface area contributed by atoms with E-state index in [4.69, 9.17) is 0 Å². The smallest absolute Gasteiger partial charge is 0.224 e. The molecule has 0 spiro atoms. The van der Waals surface area contributed by atoms with Gasteiger partial charge >= 0.3 is 0 Å². The number of hydrogen-bond donors (Lipinski definition) is 2. The number of amides is 2. The molecule has 4 rings (SSSR count). The standard InChI is InChI=1S/C22H20N4O2S/c1-15(27)23-17-7-9-18(10-8-17)24-21(28)12-11-19-14-29-22-25-20(13-26(19)22)16-5-3-2-4-6-16/h2-10,13-14H,11-12H2,1H3,(H,23,27)(H,24,28). The molecule has 2 aromatic carbocycles. The van der Waals surface area contributed by atoms with Gasteiger partial charge in [0.25, 0.3) is 0 Å². The summed E-state index contributed by atoms with van der Waals surface area (Å²) in [5.41, 5.74) is 4.48. The van der Waals surface area contributed by atoms with Gasteiger partial charge in [-0.25, -0.2) is 4.98 Å². The van der Waals surface area contributed by atoms with E-state index < -0.39 is 0 Å². The number of anilines is 2. The summed E-state index contributed by atoms with van der Waals surface area (Å²) in [6, 6.07) is 17.1. The van der Waals surface area contributed by atoms with Gasteiger partial charge in [0.1, 0.15) is 0 Å². The van der Waals surface area contributed by atoms with E-state index in [1.54, 1.807) is 35.6 Å². The van der Waals surface area contributed by atoms with Crippen molar-refractivity contribution in [3.8, 4) is 11.3 Å². The van der Waals surface area contributed by atoms with Crippen LogP contribution in [-0.4, -0.2) is 21.2 Å². The van der Waals surface area contributed by atoms with Crippen LogP contribution in [0.15, 0.2) is 66.2 Å². The van der Waals surface area contributed by atoms with E-state index in [2.05, 4.69) is 20.0 Å². The van der Waals surface area contributed by atoms with E-state index in [1.807, 2.05) is 41.9 Å². The minimum atomic E-state index is -0.126. The number of carbonyl (C=O) groups is 2. The molecule has 0 fully saturated rings. The molecule has 4 aromatic rings. The number of rotatable bonds is 6. The maximum Gasteiger partial charge on any atom is 0.224 e. The quantitative estimate of drug-likeness (QED) is 0.493. The van der Waals surface area contributed by atoms with E-state index >= 15 is 0 Å². The SMILES string of the molecule is CC(=O)Nc1ccc(NC(=O)CCc2csc3nc(-c4ccccc4)cn23)cc1. The monoisotopic (exact) mass is 404 g/mol. The molecule has 0 atom stereocenters. The van der Waals surface area contributed by atoms with E-state index in [-0.39, 0.29) is 11.8 Å². The van der Waals surface area contributed by atoms with E-state index in [9.17, 15) is 9.59 Å². The number of fused-ring (bicyclic) bond motifs is 1. The van der Waals surface area contributed by atoms with Crippen LogP contribution in [0.5, 0.6) is 0 Å². The Morgan fingerprint density at radius 3 is 2.38 bits per heavy atom. The summed E-state index contributed by atoms with van der Waals surface area (Å²) in [6.07, 6.45) is 3.02. The number of thiazole rings is 1. The van der Waals surface area contributed by atoms with Gasteiger partial charge in [0.05, 0.1) is 5.69 Å². The Morgan fingerprint density at radius 2 is 1.69 bits per heavy atom. The summed E-state index contributed by atoms with van der Waals surface area (Å²) in [7, 11) is 0. The highest BCUT2D eigenvalue weighted by molar-refractivity contribution is 7.15. The largest absolute Gasteiger partial charge is 0.326 e. The molecule has 7 heteroatoms. The summed E-state index contributed by atoms with van der Waals surface area (Å²) in [5.74, 6) is -0.182. The lowest BCUT2D eigenvalue weighted by molar-refractivity contribution is -0.116. The Bertz CT molecular complexity index is 1150. The lowest BCUT2D eigenvalue weighted by Gasteiger charge is -2.07. The van der Waals surface area contributed by atoms with Gasteiger partial charge in [-0.15, -0.1) is 11.3 Å². The second kappa shape index (κ2) is 8.28. The Balaban J connectivity index is 1.38. The first kappa shape index (κ1) is 18.9. The summed E-state index contributed by atoms with van der Waals surface area (Å²) >= 11 is 1.58. The zero-order valence-corrected chi connectivity index (χ0v) is 16.7. The van der Waals surface area contributed by atoms with Crippen LogP contribution in [0, 0.1) is 0 Å². The third-order valence-electron chi connectivity index (χ3n) is 4.45. The second-order valence-corrected chi connectivity index (χ2v) is 7.52.